The molecule has 0 saturated heterocycles. The number of carbonyl (C=O) groups is 3. The second kappa shape index (κ2) is 13.2. The van der Waals surface area contributed by atoms with E-state index in [1.807, 2.05) is 83.1 Å². The molecule has 2 aromatic rings. The topological polar surface area (TPSA) is 87.7 Å². The van der Waals surface area contributed by atoms with Crippen LogP contribution in [0.5, 0.6) is 0 Å². The monoisotopic (exact) mass is 541 g/mol. The third kappa shape index (κ3) is 8.51. The van der Waals surface area contributed by atoms with Crippen molar-refractivity contribution in [2.45, 2.75) is 91.6 Å². The number of hydrogen-bond acceptors (Lipinski definition) is 5. The zero-order valence-electron chi connectivity index (χ0n) is 23.9. The summed E-state index contributed by atoms with van der Waals surface area (Å²) in [6, 6.07) is 13.5. The SMILES string of the molecule is CCC(C)(C)N(C(=O)C(CS)NC(=O)OC(C)(C)C)C(C(=O)NCc1ccccc1)c1ccc(C)c(C)c1. The van der Waals surface area contributed by atoms with Crippen molar-refractivity contribution in [1.29, 1.82) is 0 Å². The van der Waals surface area contributed by atoms with Crippen molar-refractivity contribution < 1.29 is 19.1 Å². The van der Waals surface area contributed by atoms with Gasteiger partial charge in [-0.2, -0.15) is 12.6 Å². The maximum atomic E-state index is 14.2. The van der Waals surface area contributed by atoms with E-state index >= 15 is 0 Å². The Hall–Kier alpha value is -3.00. The summed E-state index contributed by atoms with van der Waals surface area (Å²) in [5, 5.41) is 5.69. The quantitative estimate of drug-likeness (QED) is 0.347. The van der Waals surface area contributed by atoms with Crippen LogP contribution < -0.4 is 10.6 Å². The van der Waals surface area contributed by atoms with Crippen LogP contribution in [0.1, 0.15) is 76.3 Å². The number of benzene rings is 2. The summed E-state index contributed by atoms with van der Waals surface area (Å²) in [4.78, 5) is 42.2. The molecule has 2 atom stereocenters. The predicted molar refractivity (Wildman–Crippen MR) is 155 cm³/mol. The van der Waals surface area contributed by atoms with E-state index in [4.69, 9.17) is 4.74 Å². The lowest BCUT2D eigenvalue weighted by atomic mass is 9.91. The molecule has 0 aliphatic rings. The molecule has 3 amide bonds. The molecule has 2 aromatic carbocycles. The first-order valence-electron chi connectivity index (χ1n) is 13.0. The molecule has 0 radical (unpaired) electrons. The second-order valence-electron chi connectivity index (χ2n) is 11.2. The fraction of sp³-hybridized carbons (Fsp3) is 0.500. The van der Waals surface area contributed by atoms with Gasteiger partial charge >= 0.3 is 6.09 Å². The summed E-state index contributed by atoms with van der Waals surface area (Å²) >= 11 is 4.37. The van der Waals surface area contributed by atoms with E-state index in [9.17, 15) is 14.4 Å². The van der Waals surface area contributed by atoms with Gasteiger partial charge in [-0.05, 0) is 77.1 Å². The van der Waals surface area contributed by atoms with Crippen LogP contribution in [0, 0.1) is 13.8 Å². The lowest BCUT2D eigenvalue weighted by Gasteiger charge is -2.44. The number of nitrogens with one attached hydrogen (secondary N) is 2. The fourth-order valence-electron chi connectivity index (χ4n) is 3.98. The van der Waals surface area contributed by atoms with Crippen molar-refractivity contribution in [3.05, 3.63) is 70.8 Å². The van der Waals surface area contributed by atoms with Crippen LogP contribution in [0.3, 0.4) is 0 Å². The minimum Gasteiger partial charge on any atom is -0.444 e. The first-order chi connectivity index (χ1) is 17.7. The molecule has 38 heavy (non-hydrogen) atoms. The highest BCUT2D eigenvalue weighted by molar-refractivity contribution is 7.80. The van der Waals surface area contributed by atoms with E-state index in [0.29, 0.717) is 18.5 Å². The van der Waals surface area contributed by atoms with Crippen LogP contribution in [0.4, 0.5) is 4.79 Å². The van der Waals surface area contributed by atoms with E-state index in [0.717, 1.165) is 16.7 Å². The minimum absolute atomic E-state index is 0.0413. The Morgan fingerprint density at radius 3 is 2.13 bits per heavy atom. The number of alkyl carbamates (subject to hydrolysis) is 1. The minimum atomic E-state index is -0.991. The van der Waals surface area contributed by atoms with Crippen LogP contribution in [-0.4, -0.2) is 45.7 Å². The van der Waals surface area contributed by atoms with Crippen LogP contribution in [0.25, 0.3) is 0 Å². The molecule has 7 nitrogen and oxygen atoms in total. The first-order valence-corrected chi connectivity index (χ1v) is 13.7. The number of thiol groups is 1. The molecule has 2 unspecified atom stereocenters. The van der Waals surface area contributed by atoms with Gasteiger partial charge in [0.1, 0.15) is 17.7 Å². The van der Waals surface area contributed by atoms with Crippen molar-refractivity contribution in [3.8, 4) is 0 Å². The van der Waals surface area contributed by atoms with Crippen LogP contribution >= 0.6 is 12.6 Å². The van der Waals surface area contributed by atoms with Crippen LogP contribution in [-0.2, 0) is 20.9 Å². The Morgan fingerprint density at radius 1 is 0.974 bits per heavy atom. The van der Waals surface area contributed by atoms with E-state index in [-0.39, 0.29) is 11.7 Å². The molecular weight excluding hydrogens is 498 g/mol. The largest absolute Gasteiger partial charge is 0.444 e. The maximum Gasteiger partial charge on any atom is 0.408 e. The zero-order chi connectivity index (χ0) is 28.7. The Kier molecular flexibility index (Phi) is 10.8. The smallest absolute Gasteiger partial charge is 0.408 e. The average molecular weight is 542 g/mol. The van der Waals surface area contributed by atoms with Gasteiger partial charge in [-0.15, -0.1) is 0 Å². The first kappa shape index (κ1) is 31.2. The standard InChI is InChI=1S/C30H43N3O4S/c1-9-30(7,8)33(27(35)24(19-38)32-28(36)37-29(4,5)6)25(23-16-15-20(2)21(3)17-23)26(34)31-18-22-13-11-10-12-14-22/h10-17,24-25,38H,9,18-19H2,1-8H3,(H,31,34)(H,32,36). The molecule has 0 heterocycles. The Bertz CT molecular complexity index is 1110. The molecule has 0 aromatic heterocycles. The van der Waals surface area contributed by atoms with Crippen molar-refractivity contribution in [3.63, 3.8) is 0 Å². The summed E-state index contributed by atoms with van der Waals surface area (Å²) in [6.07, 6.45) is -0.131. The normalized spacial score (nSPS) is 13.3. The Morgan fingerprint density at radius 2 is 1.61 bits per heavy atom. The molecule has 208 valence electrons. The highest BCUT2D eigenvalue weighted by Crippen LogP contribution is 2.33. The number of rotatable bonds is 10. The highest BCUT2D eigenvalue weighted by Gasteiger charge is 2.42. The Balaban J connectivity index is 2.54. The van der Waals surface area contributed by atoms with Gasteiger partial charge in [0, 0.05) is 17.8 Å². The summed E-state index contributed by atoms with van der Waals surface area (Å²) in [5.74, 6) is -0.669. The number of nitrogens with zero attached hydrogens (tertiary/aromatic N) is 1. The molecule has 0 spiro atoms. The van der Waals surface area contributed by atoms with Gasteiger partial charge in [0.05, 0.1) is 0 Å². The molecule has 8 heteroatoms. The molecule has 0 saturated carbocycles. The van der Waals surface area contributed by atoms with Gasteiger partial charge in [-0.3, -0.25) is 9.59 Å². The predicted octanol–water partition coefficient (Wildman–Crippen LogP) is 5.50. The van der Waals surface area contributed by atoms with Crippen LogP contribution in [0.15, 0.2) is 48.5 Å². The zero-order valence-corrected chi connectivity index (χ0v) is 24.8. The molecule has 2 N–H and O–H groups in total. The summed E-state index contributed by atoms with van der Waals surface area (Å²) in [7, 11) is 0. The lowest BCUT2D eigenvalue weighted by Crippen LogP contribution is -2.59. The lowest BCUT2D eigenvalue weighted by molar-refractivity contribution is -0.149. The van der Waals surface area contributed by atoms with Crippen molar-refractivity contribution in [1.82, 2.24) is 15.5 Å². The van der Waals surface area contributed by atoms with Gasteiger partial charge in [0.25, 0.3) is 0 Å². The third-order valence-electron chi connectivity index (χ3n) is 6.59. The molecule has 0 bridgehead atoms. The van der Waals surface area contributed by atoms with Crippen molar-refractivity contribution >= 4 is 30.5 Å². The third-order valence-corrected chi connectivity index (χ3v) is 6.95. The van der Waals surface area contributed by atoms with Gasteiger partial charge < -0.3 is 20.3 Å². The maximum absolute atomic E-state index is 14.2. The molecule has 2 rings (SSSR count). The van der Waals surface area contributed by atoms with E-state index in [1.165, 1.54) is 0 Å². The highest BCUT2D eigenvalue weighted by atomic mass is 32.1. The number of ether oxygens (including phenoxy) is 1. The molecule has 0 fully saturated rings. The number of hydrogen-bond donors (Lipinski definition) is 3. The van der Waals surface area contributed by atoms with Crippen LogP contribution in [0.2, 0.25) is 0 Å². The molecule has 0 aliphatic heterocycles. The van der Waals surface area contributed by atoms with Crippen molar-refractivity contribution in [2.24, 2.45) is 0 Å². The van der Waals surface area contributed by atoms with E-state index in [2.05, 4.69) is 23.3 Å². The van der Waals surface area contributed by atoms with Crippen molar-refractivity contribution in [2.75, 3.05) is 5.75 Å². The van der Waals surface area contributed by atoms with Gasteiger partial charge in [0.15, 0.2) is 0 Å². The molecular formula is C30H43N3O4S. The van der Waals surface area contributed by atoms with E-state index < -0.39 is 35.2 Å². The summed E-state index contributed by atoms with van der Waals surface area (Å²) in [5.41, 5.74) is 2.31. The molecule has 0 aliphatic carbocycles. The Labute approximate surface area is 233 Å². The van der Waals surface area contributed by atoms with Gasteiger partial charge in [0.2, 0.25) is 11.8 Å². The van der Waals surface area contributed by atoms with Gasteiger partial charge in [-0.1, -0.05) is 55.5 Å². The number of carbonyl (C=O) groups excluding carboxylic acids is 3. The van der Waals surface area contributed by atoms with Gasteiger partial charge in [-0.25, -0.2) is 4.79 Å². The summed E-state index contributed by atoms with van der Waals surface area (Å²) < 4.78 is 5.39. The number of amides is 3. The average Bonchev–Trinajstić information content (AvgIpc) is 2.85. The summed E-state index contributed by atoms with van der Waals surface area (Å²) in [6.45, 7) is 15.4. The fourth-order valence-corrected chi connectivity index (χ4v) is 4.23. The second-order valence-corrected chi connectivity index (χ2v) is 11.6. The number of aryl methyl sites for hydroxylation is 2. The van der Waals surface area contributed by atoms with E-state index in [1.54, 1.807) is 25.7 Å².